The maximum absolute atomic E-state index is 12.7. The van der Waals surface area contributed by atoms with Crippen molar-refractivity contribution in [2.75, 3.05) is 15.9 Å². The summed E-state index contributed by atoms with van der Waals surface area (Å²) >= 11 is 2.20. The van der Waals surface area contributed by atoms with Gasteiger partial charge in [0.25, 0.3) is 0 Å². The fraction of sp³-hybridized carbons (Fsp3) is 0.278. The van der Waals surface area contributed by atoms with Crippen LogP contribution in [-0.4, -0.2) is 26.6 Å². The van der Waals surface area contributed by atoms with Gasteiger partial charge in [-0.3, -0.25) is 9.10 Å². The highest BCUT2D eigenvalue weighted by atomic mass is 127. The number of amides is 1. The van der Waals surface area contributed by atoms with Gasteiger partial charge in [-0.2, -0.15) is 0 Å². The van der Waals surface area contributed by atoms with Crippen LogP contribution >= 0.6 is 22.6 Å². The van der Waals surface area contributed by atoms with Gasteiger partial charge in [-0.1, -0.05) is 17.7 Å². The first-order chi connectivity index (χ1) is 11.6. The fourth-order valence-corrected chi connectivity index (χ4v) is 4.33. The van der Waals surface area contributed by atoms with Crippen LogP contribution in [0.4, 0.5) is 11.4 Å². The first-order valence-electron chi connectivity index (χ1n) is 7.72. The van der Waals surface area contributed by atoms with Crippen LogP contribution in [0.1, 0.15) is 18.1 Å². The zero-order valence-corrected chi connectivity index (χ0v) is 17.6. The van der Waals surface area contributed by atoms with E-state index in [2.05, 4.69) is 27.9 Å². The second kappa shape index (κ2) is 7.74. The Morgan fingerprint density at radius 2 is 1.72 bits per heavy atom. The van der Waals surface area contributed by atoms with Crippen LogP contribution in [0.15, 0.2) is 42.5 Å². The predicted octanol–water partition coefficient (Wildman–Crippen LogP) is 3.70. The van der Waals surface area contributed by atoms with Crippen LogP contribution in [0.2, 0.25) is 0 Å². The summed E-state index contributed by atoms with van der Waals surface area (Å²) in [5.41, 5.74) is 3.09. The molecule has 0 radical (unpaired) electrons. The summed E-state index contributed by atoms with van der Waals surface area (Å²) in [6, 6.07) is 11.8. The van der Waals surface area contributed by atoms with Gasteiger partial charge < -0.3 is 5.32 Å². The molecule has 0 aliphatic carbocycles. The van der Waals surface area contributed by atoms with Gasteiger partial charge in [-0.05, 0) is 79.3 Å². The SMILES string of the molecule is Cc1ccc(N([C@H](C)C(=O)Nc2ccc(I)cc2C)S(C)(=O)=O)cc1. The Balaban J connectivity index is 2.31. The van der Waals surface area contributed by atoms with Crippen LogP contribution in [0, 0.1) is 17.4 Å². The molecular weight excluding hydrogens is 451 g/mol. The molecule has 0 saturated carbocycles. The number of hydrogen-bond acceptors (Lipinski definition) is 3. The van der Waals surface area contributed by atoms with Crippen molar-refractivity contribution >= 4 is 49.9 Å². The van der Waals surface area contributed by atoms with Crippen LogP contribution in [0.25, 0.3) is 0 Å². The Morgan fingerprint density at radius 1 is 1.12 bits per heavy atom. The number of nitrogens with one attached hydrogen (secondary N) is 1. The molecule has 0 fully saturated rings. The summed E-state index contributed by atoms with van der Waals surface area (Å²) in [5.74, 6) is -0.379. The van der Waals surface area contributed by atoms with E-state index in [4.69, 9.17) is 0 Å². The molecule has 2 aromatic carbocycles. The van der Waals surface area contributed by atoms with Gasteiger partial charge in [0.1, 0.15) is 6.04 Å². The van der Waals surface area contributed by atoms with Crippen molar-refractivity contribution in [2.45, 2.75) is 26.8 Å². The Kier molecular flexibility index (Phi) is 6.10. The molecule has 0 aliphatic heterocycles. The van der Waals surface area contributed by atoms with Crippen molar-refractivity contribution in [2.24, 2.45) is 0 Å². The van der Waals surface area contributed by atoms with Crippen molar-refractivity contribution in [1.29, 1.82) is 0 Å². The molecule has 0 saturated heterocycles. The lowest BCUT2D eigenvalue weighted by atomic mass is 10.2. The van der Waals surface area contributed by atoms with E-state index >= 15 is 0 Å². The number of carbonyl (C=O) groups is 1. The van der Waals surface area contributed by atoms with Gasteiger partial charge in [-0.15, -0.1) is 0 Å². The molecule has 0 unspecified atom stereocenters. The maximum atomic E-state index is 12.7. The van der Waals surface area contributed by atoms with E-state index in [9.17, 15) is 13.2 Å². The standard InChI is InChI=1S/C18H21IN2O3S/c1-12-5-8-16(9-6-12)21(25(4,23)24)14(3)18(22)20-17-10-7-15(19)11-13(17)2/h5-11,14H,1-4H3,(H,20,22)/t14-/m1/s1. The number of halogens is 1. The van der Waals surface area contributed by atoms with E-state index in [1.807, 2.05) is 44.2 Å². The number of benzene rings is 2. The van der Waals surface area contributed by atoms with E-state index in [1.165, 1.54) is 0 Å². The van der Waals surface area contributed by atoms with E-state index in [0.717, 1.165) is 25.3 Å². The summed E-state index contributed by atoms with van der Waals surface area (Å²) in [5, 5.41) is 2.82. The Bertz CT molecular complexity index is 880. The maximum Gasteiger partial charge on any atom is 0.248 e. The highest BCUT2D eigenvalue weighted by Gasteiger charge is 2.29. The number of carbonyl (C=O) groups excluding carboxylic acids is 1. The molecule has 1 amide bonds. The smallest absolute Gasteiger partial charge is 0.248 e. The minimum atomic E-state index is -3.61. The van der Waals surface area contributed by atoms with Gasteiger partial charge in [-0.25, -0.2) is 8.42 Å². The predicted molar refractivity (Wildman–Crippen MR) is 110 cm³/mol. The molecule has 1 atom stereocenters. The Morgan fingerprint density at radius 3 is 2.24 bits per heavy atom. The highest BCUT2D eigenvalue weighted by molar-refractivity contribution is 14.1. The third-order valence-electron chi connectivity index (χ3n) is 3.82. The normalized spacial score (nSPS) is 12.5. The third-order valence-corrected chi connectivity index (χ3v) is 5.74. The second-order valence-electron chi connectivity index (χ2n) is 6.02. The quantitative estimate of drug-likeness (QED) is 0.676. The highest BCUT2D eigenvalue weighted by Crippen LogP contribution is 2.23. The minimum absolute atomic E-state index is 0.379. The van der Waals surface area contributed by atoms with Crippen LogP contribution in [0.5, 0.6) is 0 Å². The summed E-state index contributed by atoms with van der Waals surface area (Å²) in [7, 11) is -3.61. The molecule has 5 nitrogen and oxygen atoms in total. The lowest BCUT2D eigenvalue weighted by molar-refractivity contribution is -0.116. The molecule has 0 spiro atoms. The zero-order valence-electron chi connectivity index (χ0n) is 14.6. The molecule has 25 heavy (non-hydrogen) atoms. The molecule has 0 bridgehead atoms. The van der Waals surface area contributed by atoms with E-state index in [0.29, 0.717) is 11.4 Å². The summed E-state index contributed by atoms with van der Waals surface area (Å²) < 4.78 is 26.8. The molecule has 0 aliphatic rings. The monoisotopic (exact) mass is 472 g/mol. The topological polar surface area (TPSA) is 66.5 Å². The molecule has 0 aromatic heterocycles. The molecule has 1 N–H and O–H groups in total. The average molecular weight is 472 g/mol. The zero-order chi connectivity index (χ0) is 18.8. The largest absolute Gasteiger partial charge is 0.324 e. The van der Waals surface area contributed by atoms with Gasteiger partial charge in [0, 0.05) is 9.26 Å². The lowest BCUT2D eigenvalue weighted by Gasteiger charge is -2.28. The minimum Gasteiger partial charge on any atom is -0.324 e. The van der Waals surface area contributed by atoms with Gasteiger partial charge in [0.2, 0.25) is 15.9 Å². The van der Waals surface area contributed by atoms with Crippen molar-refractivity contribution in [3.05, 3.63) is 57.2 Å². The first-order valence-corrected chi connectivity index (χ1v) is 10.7. The van der Waals surface area contributed by atoms with E-state index in [1.54, 1.807) is 19.1 Å². The van der Waals surface area contributed by atoms with E-state index < -0.39 is 16.1 Å². The van der Waals surface area contributed by atoms with Crippen LogP contribution in [-0.2, 0) is 14.8 Å². The van der Waals surface area contributed by atoms with Gasteiger partial charge in [0.15, 0.2) is 0 Å². The molecule has 7 heteroatoms. The molecule has 2 rings (SSSR count). The number of rotatable bonds is 5. The van der Waals surface area contributed by atoms with E-state index in [-0.39, 0.29) is 5.91 Å². The number of sulfonamides is 1. The molecular formula is C18H21IN2O3S. The van der Waals surface area contributed by atoms with Crippen molar-refractivity contribution < 1.29 is 13.2 Å². The summed E-state index contributed by atoms with van der Waals surface area (Å²) in [4.78, 5) is 12.7. The molecule has 0 heterocycles. The second-order valence-corrected chi connectivity index (χ2v) is 9.12. The Hall–Kier alpha value is -1.61. The van der Waals surface area contributed by atoms with Gasteiger partial charge >= 0.3 is 0 Å². The first kappa shape index (κ1) is 19.7. The van der Waals surface area contributed by atoms with Crippen LogP contribution < -0.4 is 9.62 Å². The van der Waals surface area contributed by atoms with Crippen molar-refractivity contribution in [3.63, 3.8) is 0 Å². The third kappa shape index (κ3) is 4.94. The van der Waals surface area contributed by atoms with Crippen molar-refractivity contribution in [1.82, 2.24) is 0 Å². The lowest BCUT2D eigenvalue weighted by Crippen LogP contribution is -2.45. The average Bonchev–Trinajstić information content (AvgIpc) is 2.50. The summed E-state index contributed by atoms with van der Waals surface area (Å²) in [6.45, 7) is 5.40. The summed E-state index contributed by atoms with van der Waals surface area (Å²) in [6.07, 6.45) is 1.10. The van der Waals surface area contributed by atoms with Gasteiger partial charge in [0.05, 0.1) is 11.9 Å². The van der Waals surface area contributed by atoms with Crippen LogP contribution in [0.3, 0.4) is 0 Å². The number of anilines is 2. The van der Waals surface area contributed by atoms with Crippen molar-refractivity contribution in [3.8, 4) is 0 Å². The number of aryl methyl sites for hydroxylation is 2. The number of hydrogen-bond donors (Lipinski definition) is 1. The fourth-order valence-electron chi connectivity index (χ4n) is 2.50. The Labute approximate surface area is 162 Å². The molecule has 2 aromatic rings. The number of nitrogens with zero attached hydrogens (tertiary/aromatic N) is 1. The molecule has 134 valence electrons.